The number of anilines is 2. The smallest absolute Gasteiger partial charge is 0.408 e. The lowest BCUT2D eigenvalue weighted by Crippen LogP contribution is -2.47. The quantitative estimate of drug-likeness (QED) is 0.524. The number of carbonyl (C=O) groups excluding carboxylic acids is 3. The summed E-state index contributed by atoms with van der Waals surface area (Å²) in [6, 6.07) is 13.8. The molecule has 0 saturated heterocycles. The number of amides is 3. The van der Waals surface area contributed by atoms with Crippen LogP contribution >= 0.6 is 0 Å². The van der Waals surface area contributed by atoms with Crippen molar-refractivity contribution in [1.29, 1.82) is 0 Å². The van der Waals surface area contributed by atoms with Crippen LogP contribution in [0.4, 0.5) is 16.2 Å². The van der Waals surface area contributed by atoms with Gasteiger partial charge in [-0.1, -0.05) is 24.3 Å². The average molecular weight is 451 g/mol. The van der Waals surface area contributed by atoms with Gasteiger partial charge in [0.05, 0.1) is 0 Å². The van der Waals surface area contributed by atoms with Crippen LogP contribution in [0, 0.1) is 0 Å². The zero-order valence-electron chi connectivity index (χ0n) is 19.6. The van der Waals surface area contributed by atoms with E-state index in [-0.39, 0.29) is 12.3 Å². The van der Waals surface area contributed by atoms with Crippen molar-refractivity contribution in [3.05, 3.63) is 60.3 Å². The van der Waals surface area contributed by atoms with Crippen LogP contribution in [0.1, 0.15) is 33.3 Å². The van der Waals surface area contributed by atoms with Gasteiger partial charge in [-0.05, 0) is 50.6 Å². The fourth-order valence-corrected chi connectivity index (χ4v) is 3.57. The summed E-state index contributed by atoms with van der Waals surface area (Å²) in [4.78, 5) is 37.1. The van der Waals surface area contributed by atoms with Gasteiger partial charge in [0.1, 0.15) is 11.6 Å². The van der Waals surface area contributed by atoms with E-state index < -0.39 is 23.6 Å². The molecule has 1 heterocycles. The molecule has 3 amide bonds. The Hall–Kier alpha value is -3.81. The number of fused-ring (bicyclic) bond motifs is 1. The number of nitrogens with one attached hydrogen (secondary N) is 3. The number of hydrogen-bond donors (Lipinski definition) is 3. The molecule has 8 nitrogen and oxygen atoms in total. The van der Waals surface area contributed by atoms with Gasteiger partial charge >= 0.3 is 6.09 Å². The van der Waals surface area contributed by atoms with E-state index in [1.54, 1.807) is 45.0 Å². The zero-order valence-corrected chi connectivity index (χ0v) is 19.6. The summed E-state index contributed by atoms with van der Waals surface area (Å²) in [5.74, 6) is -0.604. The molecule has 0 fully saturated rings. The number of carbonyl (C=O) groups is 3. The van der Waals surface area contributed by atoms with Crippen LogP contribution in [0.5, 0.6) is 0 Å². The lowest BCUT2D eigenvalue weighted by atomic mass is 10.0. The molecule has 0 spiro atoms. The van der Waals surface area contributed by atoms with Crippen molar-refractivity contribution >= 4 is 40.2 Å². The second-order valence-electron chi connectivity index (χ2n) is 8.94. The van der Waals surface area contributed by atoms with Gasteiger partial charge in [0.15, 0.2) is 0 Å². The molecule has 2 aromatic carbocycles. The lowest BCUT2D eigenvalue weighted by Gasteiger charge is -2.23. The minimum absolute atomic E-state index is 0.209. The highest BCUT2D eigenvalue weighted by atomic mass is 16.6. The molecular formula is C25H30N4O4. The lowest BCUT2D eigenvalue weighted by molar-refractivity contribution is -0.118. The highest BCUT2D eigenvalue weighted by molar-refractivity contribution is 5.98. The van der Waals surface area contributed by atoms with E-state index in [1.807, 2.05) is 42.1 Å². The molecule has 33 heavy (non-hydrogen) atoms. The van der Waals surface area contributed by atoms with Crippen LogP contribution in [0.15, 0.2) is 54.7 Å². The topological polar surface area (TPSA) is 101 Å². The van der Waals surface area contributed by atoms with Gasteiger partial charge in [0, 0.05) is 48.9 Å². The Morgan fingerprint density at radius 3 is 2.33 bits per heavy atom. The molecule has 0 radical (unpaired) electrons. The van der Waals surface area contributed by atoms with Gasteiger partial charge in [-0.25, -0.2) is 4.79 Å². The summed E-state index contributed by atoms with van der Waals surface area (Å²) in [5.41, 5.74) is 2.33. The first-order valence-electron chi connectivity index (χ1n) is 10.7. The van der Waals surface area contributed by atoms with Crippen LogP contribution < -0.4 is 16.0 Å². The predicted molar refractivity (Wildman–Crippen MR) is 129 cm³/mol. The molecule has 0 bridgehead atoms. The van der Waals surface area contributed by atoms with E-state index >= 15 is 0 Å². The number of rotatable bonds is 6. The third-order valence-electron chi connectivity index (χ3n) is 4.86. The Labute approximate surface area is 193 Å². The van der Waals surface area contributed by atoms with Crippen molar-refractivity contribution in [2.24, 2.45) is 7.05 Å². The van der Waals surface area contributed by atoms with Gasteiger partial charge < -0.3 is 25.3 Å². The van der Waals surface area contributed by atoms with Crippen LogP contribution in [-0.4, -0.2) is 34.1 Å². The zero-order chi connectivity index (χ0) is 24.2. The van der Waals surface area contributed by atoms with Gasteiger partial charge in [-0.15, -0.1) is 0 Å². The molecule has 0 aliphatic rings. The standard InChI is InChI=1S/C25H30N4O4/c1-16(30)26-18-9-8-10-19(14-18)27-23(31)21(28-24(32)33-25(2,3)4)13-17-15-29(5)22-12-7-6-11-20(17)22/h6-12,14-15,21H,13H2,1-5H3,(H,26,30)(H,27,31)(H,28,32)/t21-/m1/s1. The normalized spacial score (nSPS) is 12.2. The monoisotopic (exact) mass is 450 g/mol. The molecule has 1 aromatic heterocycles. The Balaban J connectivity index is 1.85. The highest BCUT2D eigenvalue weighted by Crippen LogP contribution is 2.22. The first-order chi connectivity index (χ1) is 15.5. The minimum Gasteiger partial charge on any atom is -0.444 e. The van der Waals surface area contributed by atoms with Crippen molar-refractivity contribution in [3.8, 4) is 0 Å². The first kappa shape index (κ1) is 23.8. The van der Waals surface area contributed by atoms with E-state index in [0.29, 0.717) is 11.4 Å². The van der Waals surface area contributed by atoms with Crippen molar-refractivity contribution in [2.45, 2.75) is 45.8 Å². The molecule has 0 aliphatic carbocycles. The molecule has 0 aliphatic heterocycles. The second kappa shape index (κ2) is 9.77. The molecule has 3 N–H and O–H groups in total. The minimum atomic E-state index is -0.880. The van der Waals surface area contributed by atoms with E-state index in [0.717, 1.165) is 16.5 Å². The molecule has 3 aromatic rings. The second-order valence-corrected chi connectivity index (χ2v) is 8.94. The van der Waals surface area contributed by atoms with E-state index in [1.165, 1.54) is 6.92 Å². The van der Waals surface area contributed by atoms with Crippen molar-refractivity contribution in [1.82, 2.24) is 9.88 Å². The fraction of sp³-hybridized carbons (Fsp3) is 0.320. The maximum absolute atomic E-state index is 13.2. The predicted octanol–water partition coefficient (Wildman–Crippen LogP) is 4.21. The fourth-order valence-electron chi connectivity index (χ4n) is 3.57. The molecular weight excluding hydrogens is 420 g/mol. The third kappa shape index (κ3) is 6.58. The summed E-state index contributed by atoms with van der Waals surface area (Å²) in [6.07, 6.45) is 1.56. The Bertz CT molecular complexity index is 1180. The van der Waals surface area contributed by atoms with Crippen LogP contribution in [-0.2, 0) is 27.8 Å². The Morgan fingerprint density at radius 2 is 1.67 bits per heavy atom. The van der Waals surface area contributed by atoms with Crippen molar-refractivity contribution in [3.63, 3.8) is 0 Å². The van der Waals surface area contributed by atoms with Crippen molar-refractivity contribution < 1.29 is 19.1 Å². The molecule has 8 heteroatoms. The first-order valence-corrected chi connectivity index (χ1v) is 10.7. The van der Waals surface area contributed by atoms with E-state index in [9.17, 15) is 14.4 Å². The number of benzene rings is 2. The number of aryl methyl sites for hydroxylation is 1. The third-order valence-corrected chi connectivity index (χ3v) is 4.86. The summed E-state index contributed by atoms with van der Waals surface area (Å²) in [7, 11) is 1.94. The van der Waals surface area contributed by atoms with E-state index in [2.05, 4.69) is 16.0 Å². The van der Waals surface area contributed by atoms with Crippen molar-refractivity contribution in [2.75, 3.05) is 10.6 Å². The van der Waals surface area contributed by atoms with Gasteiger partial charge in [-0.2, -0.15) is 0 Å². The maximum atomic E-state index is 13.2. The van der Waals surface area contributed by atoms with Crippen LogP contribution in [0.25, 0.3) is 10.9 Å². The van der Waals surface area contributed by atoms with Gasteiger partial charge in [0.2, 0.25) is 11.8 Å². The van der Waals surface area contributed by atoms with Crippen LogP contribution in [0.3, 0.4) is 0 Å². The average Bonchev–Trinajstić information content (AvgIpc) is 3.01. The molecule has 0 saturated carbocycles. The molecule has 174 valence electrons. The summed E-state index contributed by atoms with van der Waals surface area (Å²) >= 11 is 0. The summed E-state index contributed by atoms with van der Waals surface area (Å²) < 4.78 is 7.37. The van der Waals surface area contributed by atoms with Gasteiger partial charge in [-0.3, -0.25) is 9.59 Å². The molecule has 0 unspecified atom stereocenters. The Morgan fingerprint density at radius 1 is 1.00 bits per heavy atom. The maximum Gasteiger partial charge on any atom is 0.408 e. The van der Waals surface area contributed by atoms with Crippen LogP contribution in [0.2, 0.25) is 0 Å². The highest BCUT2D eigenvalue weighted by Gasteiger charge is 2.26. The molecule has 1 atom stereocenters. The van der Waals surface area contributed by atoms with E-state index in [4.69, 9.17) is 4.74 Å². The number of aromatic nitrogens is 1. The number of alkyl carbamates (subject to hydrolysis) is 1. The SMILES string of the molecule is CC(=O)Nc1cccc(NC(=O)[C@@H](Cc2cn(C)c3ccccc23)NC(=O)OC(C)(C)C)c1. The Kier molecular flexibility index (Phi) is 7.06. The summed E-state index contributed by atoms with van der Waals surface area (Å²) in [5, 5.41) is 9.24. The number of para-hydroxylation sites is 1. The largest absolute Gasteiger partial charge is 0.444 e. The molecule has 3 rings (SSSR count). The summed E-state index contributed by atoms with van der Waals surface area (Å²) in [6.45, 7) is 6.70. The number of ether oxygens (including phenoxy) is 1. The number of hydrogen-bond acceptors (Lipinski definition) is 4. The van der Waals surface area contributed by atoms with Gasteiger partial charge in [0.25, 0.3) is 0 Å². The number of nitrogens with zero attached hydrogens (tertiary/aromatic N) is 1.